The molecule has 1 heterocycles. The van der Waals surface area contributed by atoms with Gasteiger partial charge < -0.3 is 9.80 Å². The van der Waals surface area contributed by atoms with Gasteiger partial charge >= 0.3 is 0 Å². The lowest BCUT2D eigenvalue weighted by molar-refractivity contribution is -0.133. The zero-order valence-electron chi connectivity index (χ0n) is 11.4. The van der Waals surface area contributed by atoms with Crippen molar-refractivity contribution in [3.05, 3.63) is 0 Å². The number of hydrogen-bond acceptors (Lipinski definition) is 5. The smallest absolute Gasteiger partial charge is 0.238 e. The topological polar surface area (TPSA) is 67.9 Å². The lowest BCUT2D eigenvalue weighted by atomic mass is 10.3. The summed E-state index contributed by atoms with van der Waals surface area (Å²) in [4.78, 5) is 28.8. The Morgan fingerprint density at radius 2 is 1.78 bits per heavy atom. The van der Waals surface area contributed by atoms with Gasteiger partial charge in [-0.15, -0.1) is 0 Å². The van der Waals surface area contributed by atoms with Gasteiger partial charge in [0, 0.05) is 40.3 Å². The Morgan fingerprint density at radius 1 is 1.17 bits per heavy atom. The lowest BCUT2D eigenvalue weighted by Gasteiger charge is -2.34. The fourth-order valence-corrected chi connectivity index (χ4v) is 1.76. The Bertz CT molecular complexity index is 287. The van der Waals surface area contributed by atoms with E-state index in [2.05, 4.69) is 15.8 Å². The van der Waals surface area contributed by atoms with Gasteiger partial charge in [-0.25, -0.2) is 5.43 Å². The Kier molecular flexibility index (Phi) is 6.03. The SMILES string of the molecule is CNNCC(=O)N1CCN(CC(=O)N(C)C)CC1. The molecular formula is C11H23N5O2. The molecule has 2 amide bonds. The molecule has 18 heavy (non-hydrogen) atoms. The summed E-state index contributed by atoms with van der Waals surface area (Å²) >= 11 is 0. The predicted molar refractivity (Wildman–Crippen MR) is 68.8 cm³/mol. The average molecular weight is 257 g/mol. The molecular weight excluding hydrogens is 234 g/mol. The van der Waals surface area contributed by atoms with Crippen molar-refractivity contribution in [1.29, 1.82) is 0 Å². The highest BCUT2D eigenvalue weighted by Gasteiger charge is 2.22. The second-order valence-corrected chi connectivity index (χ2v) is 4.55. The summed E-state index contributed by atoms with van der Waals surface area (Å²) in [5.74, 6) is 0.189. The van der Waals surface area contributed by atoms with E-state index in [0.29, 0.717) is 26.2 Å². The van der Waals surface area contributed by atoms with Gasteiger partial charge in [-0.3, -0.25) is 19.9 Å². The van der Waals surface area contributed by atoms with Crippen LogP contribution in [0.1, 0.15) is 0 Å². The van der Waals surface area contributed by atoms with Gasteiger partial charge in [0.05, 0.1) is 13.1 Å². The van der Waals surface area contributed by atoms with Crippen LogP contribution in [0.2, 0.25) is 0 Å². The number of carbonyl (C=O) groups is 2. The van der Waals surface area contributed by atoms with Gasteiger partial charge in [-0.05, 0) is 7.05 Å². The Morgan fingerprint density at radius 3 is 2.28 bits per heavy atom. The van der Waals surface area contributed by atoms with Crippen LogP contribution in [0.15, 0.2) is 0 Å². The molecule has 2 N–H and O–H groups in total. The number of likely N-dealkylation sites (N-methyl/N-ethyl adjacent to an activating group) is 1. The molecule has 0 saturated carbocycles. The van der Waals surface area contributed by atoms with Crippen LogP contribution in [-0.4, -0.2) is 86.9 Å². The van der Waals surface area contributed by atoms with E-state index in [0.717, 1.165) is 13.1 Å². The first-order valence-corrected chi connectivity index (χ1v) is 6.14. The number of hydrogen-bond donors (Lipinski definition) is 2. The highest BCUT2D eigenvalue weighted by Crippen LogP contribution is 2.02. The predicted octanol–water partition coefficient (Wildman–Crippen LogP) is -2.06. The summed E-state index contributed by atoms with van der Waals surface area (Å²) in [6.45, 7) is 3.61. The van der Waals surface area contributed by atoms with Crippen LogP contribution in [0.4, 0.5) is 0 Å². The molecule has 1 rings (SSSR count). The summed E-state index contributed by atoms with van der Waals surface area (Å²) < 4.78 is 0. The Balaban J connectivity index is 2.28. The zero-order chi connectivity index (χ0) is 13.5. The zero-order valence-corrected chi connectivity index (χ0v) is 11.4. The van der Waals surface area contributed by atoms with Gasteiger partial charge in [0.15, 0.2) is 0 Å². The van der Waals surface area contributed by atoms with Crippen LogP contribution >= 0.6 is 0 Å². The number of carbonyl (C=O) groups excluding carboxylic acids is 2. The Hall–Kier alpha value is -1.18. The quantitative estimate of drug-likeness (QED) is 0.555. The summed E-state index contributed by atoms with van der Waals surface area (Å²) in [6.07, 6.45) is 0. The van der Waals surface area contributed by atoms with E-state index in [-0.39, 0.29) is 11.8 Å². The fourth-order valence-electron chi connectivity index (χ4n) is 1.76. The van der Waals surface area contributed by atoms with Crippen LogP contribution in [0.25, 0.3) is 0 Å². The molecule has 1 aliphatic rings. The molecule has 7 heteroatoms. The normalized spacial score (nSPS) is 16.7. The number of nitrogens with one attached hydrogen (secondary N) is 2. The van der Waals surface area contributed by atoms with E-state index in [9.17, 15) is 9.59 Å². The molecule has 1 aliphatic heterocycles. The maximum Gasteiger partial charge on any atom is 0.238 e. The van der Waals surface area contributed by atoms with Crippen molar-refractivity contribution >= 4 is 11.8 Å². The fraction of sp³-hybridized carbons (Fsp3) is 0.818. The van der Waals surface area contributed by atoms with E-state index in [4.69, 9.17) is 0 Å². The van der Waals surface area contributed by atoms with E-state index < -0.39 is 0 Å². The van der Waals surface area contributed by atoms with Gasteiger partial charge in [0.1, 0.15) is 0 Å². The van der Waals surface area contributed by atoms with E-state index in [1.165, 1.54) is 0 Å². The van der Waals surface area contributed by atoms with Gasteiger partial charge in [0.2, 0.25) is 11.8 Å². The molecule has 1 saturated heterocycles. The molecule has 0 bridgehead atoms. The average Bonchev–Trinajstić information content (AvgIpc) is 2.36. The standard InChI is InChI=1S/C11H23N5O2/c1-12-13-8-10(17)16-6-4-15(5-7-16)9-11(18)14(2)3/h12-13H,4-9H2,1-3H3. The van der Waals surface area contributed by atoms with E-state index in [1.807, 2.05) is 4.90 Å². The minimum absolute atomic E-state index is 0.0861. The summed E-state index contributed by atoms with van der Waals surface area (Å²) in [5, 5.41) is 0. The van der Waals surface area contributed by atoms with Gasteiger partial charge in [0.25, 0.3) is 0 Å². The first-order valence-electron chi connectivity index (χ1n) is 6.14. The highest BCUT2D eigenvalue weighted by atomic mass is 16.2. The molecule has 0 aliphatic carbocycles. The summed E-state index contributed by atoms with van der Waals surface area (Å²) in [6, 6.07) is 0. The van der Waals surface area contributed by atoms with E-state index in [1.54, 1.807) is 26.0 Å². The summed E-state index contributed by atoms with van der Waals surface area (Å²) in [7, 11) is 5.25. The molecule has 0 radical (unpaired) electrons. The number of piperazine rings is 1. The molecule has 0 aromatic heterocycles. The maximum atomic E-state index is 11.7. The third-order valence-electron chi connectivity index (χ3n) is 3.00. The summed E-state index contributed by atoms with van der Waals surface area (Å²) in [5.41, 5.74) is 5.52. The lowest BCUT2D eigenvalue weighted by Crippen LogP contribution is -2.53. The van der Waals surface area contributed by atoms with Crippen LogP contribution in [-0.2, 0) is 9.59 Å². The first-order chi connectivity index (χ1) is 8.54. The second kappa shape index (κ2) is 7.30. The molecule has 0 aromatic rings. The van der Waals surface area contributed by atoms with Crippen molar-refractivity contribution in [2.45, 2.75) is 0 Å². The first kappa shape index (κ1) is 14.9. The number of amides is 2. The van der Waals surface area contributed by atoms with Crippen molar-refractivity contribution in [2.24, 2.45) is 0 Å². The van der Waals surface area contributed by atoms with E-state index >= 15 is 0 Å². The highest BCUT2D eigenvalue weighted by molar-refractivity contribution is 5.79. The molecule has 0 spiro atoms. The van der Waals surface area contributed by atoms with Crippen molar-refractivity contribution in [3.63, 3.8) is 0 Å². The molecule has 0 atom stereocenters. The molecule has 1 fully saturated rings. The third-order valence-corrected chi connectivity index (χ3v) is 3.00. The van der Waals surface area contributed by atoms with Crippen LogP contribution in [0, 0.1) is 0 Å². The van der Waals surface area contributed by atoms with Crippen molar-refractivity contribution in [2.75, 3.05) is 60.4 Å². The van der Waals surface area contributed by atoms with Crippen LogP contribution in [0.5, 0.6) is 0 Å². The Labute approximate surface area is 108 Å². The molecule has 0 aromatic carbocycles. The monoisotopic (exact) mass is 257 g/mol. The number of rotatable bonds is 5. The minimum atomic E-state index is 0.0861. The largest absolute Gasteiger partial charge is 0.348 e. The van der Waals surface area contributed by atoms with Gasteiger partial charge in [-0.1, -0.05) is 0 Å². The molecule has 7 nitrogen and oxygen atoms in total. The van der Waals surface area contributed by atoms with Crippen LogP contribution in [0.3, 0.4) is 0 Å². The van der Waals surface area contributed by atoms with Gasteiger partial charge in [-0.2, -0.15) is 0 Å². The van der Waals surface area contributed by atoms with Crippen molar-refractivity contribution < 1.29 is 9.59 Å². The number of hydrazine groups is 1. The maximum absolute atomic E-state index is 11.7. The molecule has 0 unspecified atom stereocenters. The minimum Gasteiger partial charge on any atom is -0.348 e. The second-order valence-electron chi connectivity index (χ2n) is 4.55. The third kappa shape index (κ3) is 4.59. The van der Waals surface area contributed by atoms with Crippen LogP contribution < -0.4 is 10.9 Å². The van der Waals surface area contributed by atoms with Crippen molar-refractivity contribution in [3.8, 4) is 0 Å². The molecule has 104 valence electrons. The number of nitrogens with zero attached hydrogens (tertiary/aromatic N) is 3. The van der Waals surface area contributed by atoms with Crippen molar-refractivity contribution in [1.82, 2.24) is 25.6 Å².